The van der Waals surface area contributed by atoms with Crippen LogP contribution in [0, 0.1) is 11.6 Å². The molecule has 0 amide bonds. The van der Waals surface area contributed by atoms with Gasteiger partial charge in [-0.05, 0) is 0 Å². The minimum Gasteiger partial charge on any atom is -0.497 e. The van der Waals surface area contributed by atoms with Gasteiger partial charge in [0.1, 0.15) is 23.5 Å². The summed E-state index contributed by atoms with van der Waals surface area (Å²) in [5.74, 6) is -1.39. The van der Waals surface area contributed by atoms with Gasteiger partial charge in [-0.15, -0.1) is 11.6 Å². The molecule has 1 aliphatic rings. The average Bonchev–Trinajstić information content (AvgIpc) is 2.38. The molecule has 1 aromatic rings. The third-order valence-corrected chi connectivity index (χ3v) is 3.23. The van der Waals surface area contributed by atoms with Crippen molar-refractivity contribution in [2.24, 2.45) is 0 Å². The molecular weight excluding hydrogens is 266 g/mol. The summed E-state index contributed by atoms with van der Waals surface area (Å²) in [5, 5.41) is -0.934. The van der Waals surface area contributed by atoms with Crippen LogP contribution >= 0.6 is 11.6 Å². The molecular formula is C12H13ClF2O3. The summed E-state index contributed by atoms with van der Waals surface area (Å²) in [6.07, 6.45) is -0.558. The van der Waals surface area contributed by atoms with E-state index >= 15 is 0 Å². The Morgan fingerprint density at radius 3 is 2.50 bits per heavy atom. The topological polar surface area (TPSA) is 27.7 Å². The Bertz CT molecular complexity index is 399. The Morgan fingerprint density at radius 2 is 2.00 bits per heavy atom. The zero-order valence-corrected chi connectivity index (χ0v) is 10.5. The van der Waals surface area contributed by atoms with E-state index in [9.17, 15) is 8.78 Å². The van der Waals surface area contributed by atoms with Gasteiger partial charge in [-0.25, -0.2) is 8.78 Å². The monoisotopic (exact) mass is 278 g/mol. The van der Waals surface area contributed by atoms with E-state index < -0.39 is 23.1 Å². The molecule has 0 bridgehead atoms. The van der Waals surface area contributed by atoms with Gasteiger partial charge in [-0.2, -0.15) is 0 Å². The summed E-state index contributed by atoms with van der Waals surface area (Å²) < 4.78 is 42.9. The lowest BCUT2D eigenvalue weighted by molar-refractivity contribution is -0.0897. The largest absolute Gasteiger partial charge is 0.497 e. The summed E-state index contributed by atoms with van der Waals surface area (Å²) in [4.78, 5) is 0. The van der Waals surface area contributed by atoms with Crippen molar-refractivity contribution < 1.29 is 23.0 Å². The third-order valence-electron chi connectivity index (χ3n) is 2.73. The quantitative estimate of drug-likeness (QED) is 0.796. The molecule has 0 N–H and O–H groups in total. The summed E-state index contributed by atoms with van der Waals surface area (Å²) in [5.41, 5.74) is -0.215. The average molecular weight is 279 g/mol. The maximum absolute atomic E-state index is 13.8. The van der Waals surface area contributed by atoms with Crippen LogP contribution in [0.5, 0.6) is 5.75 Å². The summed E-state index contributed by atoms with van der Waals surface area (Å²) in [6.45, 7) is 1.06. The SMILES string of the molecule is COc1cc(F)c(C(Cl)C2COCCO2)c(F)c1. The molecule has 0 aromatic heterocycles. The first kappa shape index (κ1) is 13.5. The molecule has 0 saturated carbocycles. The van der Waals surface area contributed by atoms with E-state index in [0.29, 0.717) is 13.2 Å². The number of hydrogen-bond donors (Lipinski definition) is 0. The second-order valence-electron chi connectivity index (χ2n) is 3.89. The summed E-state index contributed by atoms with van der Waals surface area (Å²) in [7, 11) is 1.34. The second kappa shape index (κ2) is 5.82. The normalized spacial score (nSPS) is 21.7. The minimum atomic E-state index is -0.934. The Labute approximate surface area is 109 Å². The van der Waals surface area contributed by atoms with Crippen molar-refractivity contribution in [3.63, 3.8) is 0 Å². The molecule has 2 unspecified atom stereocenters. The molecule has 0 spiro atoms. The van der Waals surface area contributed by atoms with E-state index in [0.717, 1.165) is 12.1 Å². The van der Waals surface area contributed by atoms with Crippen molar-refractivity contribution in [1.82, 2.24) is 0 Å². The summed E-state index contributed by atoms with van der Waals surface area (Å²) in [6, 6.07) is 2.19. The number of rotatable bonds is 3. The van der Waals surface area contributed by atoms with E-state index in [2.05, 4.69) is 0 Å². The smallest absolute Gasteiger partial charge is 0.134 e. The van der Waals surface area contributed by atoms with Crippen LogP contribution in [0.4, 0.5) is 8.78 Å². The fourth-order valence-corrected chi connectivity index (χ4v) is 2.16. The highest BCUT2D eigenvalue weighted by molar-refractivity contribution is 6.21. The highest BCUT2D eigenvalue weighted by atomic mass is 35.5. The minimum absolute atomic E-state index is 0.110. The molecule has 1 heterocycles. The molecule has 1 aliphatic heterocycles. The first-order valence-corrected chi connectivity index (χ1v) is 5.93. The zero-order valence-electron chi connectivity index (χ0n) is 9.79. The molecule has 3 nitrogen and oxygen atoms in total. The molecule has 1 saturated heterocycles. The van der Waals surface area contributed by atoms with Crippen LogP contribution in [-0.4, -0.2) is 33.0 Å². The molecule has 0 radical (unpaired) electrons. The molecule has 6 heteroatoms. The van der Waals surface area contributed by atoms with Gasteiger partial charge in [-0.1, -0.05) is 0 Å². The first-order valence-electron chi connectivity index (χ1n) is 5.50. The second-order valence-corrected chi connectivity index (χ2v) is 4.36. The molecule has 1 fully saturated rings. The van der Waals surface area contributed by atoms with Crippen LogP contribution in [0.3, 0.4) is 0 Å². The van der Waals surface area contributed by atoms with E-state index in [1.807, 2.05) is 0 Å². The van der Waals surface area contributed by atoms with Crippen LogP contribution in [0.1, 0.15) is 10.9 Å². The maximum Gasteiger partial charge on any atom is 0.134 e. The molecule has 100 valence electrons. The van der Waals surface area contributed by atoms with E-state index in [-0.39, 0.29) is 17.9 Å². The highest BCUT2D eigenvalue weighted by Gasteiger charge is 2.29. The van der Waals surface area contributed by atoms with E-state index in [4.69, 9.17) is 25.8 Å². The highest BCUT2D eigenvalue weighted by Crippen LogP contribution is 2.33. The van der Waals surface area contributed by atoms with Crippen LogP contribution in [0.2, 0.25) is 0 Å². The lowest BCUT2D eigenvalue weighted by atomic mass is 10.1. The Morgan fingerprint density at radius 1 is 1.33 bits per heavy atom. The van der Waals surface area contributed by atoms with Gasteiger partial charge in [0.15, 0.2) is 0 Å². The zero-order chi connectivity index (χ0) is 13.1. The van der Waals surface area contributed by atoms with E-state index in [1.165, 1.54) is 7.11 Å². The fraction of sp³-hybridized carbons (Fsp3) is 0.500. The van der Waals surface area contributed by atoms with Crippen molar-refractivity contribution in [3.05, 3.63) is 29.3 Å². The van der Waals surface area contributed by atoms with Crippen molar-refractivity contribution in [2.75, 3.05) is 26.9 Å². The molecule has 0 aliphatic carbocycles. The Balaban J connectivity index is 2.26. The lowest BCUT2D eigenvalue weighted by Crippen LogP contribution is -2.32. The van der Waals surface area contributed by atoms with E-state index in [1.54, 1.807) is 0 Å². The van der Waals surface area contributed by atoms with Gasteiger partial charge in [0.25, 0.3) is 0 Å². The van der Waals surface area contributed by atoms with Crippen LogP contribution in [-0.2, 0) is 9.47 Å². The predicted octanol–water partition coefficient (Wildman–Crippen LogP) is 2.67. The van der Waals surface area contributed by atoms with Crippen molar-refractivity contribution in [3.8, 4) is 5.75 Å². The lowest BCUT2D eigenvalue weighted by Gasteiger charge is -2.27. The van der Waals surface area contributed by atoms with Gasteiger partial charge in [0, 0.05) is 17.7 Å². The first-order chi connectivity index (χ1) is 8.63. The molecule has 2 atom stereocenters. The molecule has 2 rings (SSSR count). The van der Waals surface area contributed by atoms with Gasteiger partial charge in [0.05, 0.1) is 32.3 Å². The third kappa shape index (κ3) is 2.74. The molecule has 1 aromatic carbocycles. The molecule has 18 heavy (non-hydrogen) atoms. The van der Waals surface area contributed by atoms with Crippen LogP contribution in [0.15, 0.2) is 12.1 Å². The van der Waals surface area contributed by atoms with Crippen LogP contribution < -0.4 is 4.74 Å². The van der Waals surface area contributed by atoms with Gasteiger partial charge in [0.2, 0.25) is 0 Å². The predicted molar refractivity (Wildman–Crippen MR) is 62.1 cm³/mol. The van der Waals surface area contributed by atoms with Gasteiger partial charge < -0.3 is 14.2 Å². The van der Waals surface area contributed by atoms with Gasteiger partial charge in [-0.3, -0.25) is 0 Å². The number of ether oxygens (including phenoxy) is 3. The van der Waals surface area contributed by atoms with Gasteiger partial charge >= 0.3 is 0 Å². The Kier molecular flexibility index (Phi) is 4.37. The number of halogens is 3. The number of hydrogen-bond acceptors (Lipinski definition) is 3. The fourth-order valence-electron chi connectivity index (χ4n) is 1.80. The maximum atomic E-state index is 13.8. The van der Waals surface area contributed by atoms with Crippen molar-refractivity contribution in [2.45, 2.75) is 11.5 Å². The number of methoxy groups -OCH3 is 1. The standard InChI is InChI=1S/C12H13ClF2O3/c1-16-7-4-8(14)11(9(15)5-7)12(13)10-6-17-2-3-18-10/h4-5,10,12H,2-3,6H2,1H3. The summed E-state index contributed by atoms with van der Waals surface area (Å²) >= 11 is 6.07. The van der Waals surface area contributed by atoms with Crippen molar-refractivity contribution in [1.29, 1.82) is 0 Å². The van der Waals surface area contributed by atoms with Crippen LogP contribution in [0.25, 0.3) is 0 Å². The van der Waals surface area contributed by atoms with Crippen molar-refractivity contribution >= 4 is 11.6 Å². The number of alkyl halides is 1. The Hall–Kier alpha value is -0.910. The number of benzene rings is 1.